The first-order chi connectivity index (χ1) is 7.00. The number of hydrogen-bond donors (Lipinski definition) is 2. The summed E-state index contributed by atoms with van der Waals surface area (Å²) in [7, 11) is 0. The van der Waals surface area contributed by atoms with Gasteiger partial charge < -0.3 is 10.2 Å². The standard InChI is InChI=1S/C8H4Cl2N2O3/c9-3-1-4(10)6-5(2-3)11-8(14)12(15)7(6)13/h1-2,15H,(H,11,14). The number of H-pyrrole nitrogens is 1. The molecule has 1 aromatic carbocycles. The van der Waals surface area contributed by atoms with E-state index in [4.69, 9.17) is 28.4 Å². The quantitative estimate of drug-likeness (QED) is 0.687. The van der Waals surface area contributed by atoms with Gasteiger partial charge in [-0.15, -0.1) is 0 Å². The van der Waals surface area contributed by atoms with E-state index in [2.05, 4.69) is 4.98 Å². The Balaban J connectivity index is 3.13. The first kappa shape index (κ1) is 10.1. The van der Waals surface area contributed by atoms with Crippen LogP contribution in [0.2, 0.25) is 10.0 Å². The molecule has 0 radical (unpaired) electrons. The highest BCUT2D eigenvalue weighted by Gasteiger charge is 2.10. The van der Waals surface area contributed by atoms with Crippen molar-refractivity contribution in [3.63, 3.8) is 0 Å². The molecule has 0 amide bonds. The van der Waals surface area contributed by atoms with Crippen LogP contribution in [0.5, 0.6) is 0 Å². The van der Waals surface area contributed by atoms with Crippen LogP contribution < -0.4 is 11.2 Å². The van der Waals surface area contributed by atoms with Crippen LogP contribution in [0, 0.1) is 0 Å². The van der Waals surface area contributed by atoms with Crippen LogP contribution in [0.25, 0.3) is 10.9 Å². The number of aromatic amines is 1. The first-order valence-electron chi connectivity index (χ1n) is 3.84. The molecule has 0 fully saturated rings. The summed E-state index contributed by atoms with van der Waals surface area (Å²) >= 11 is 11.5. The summed E-state index contributed by atoms with van der Waals surface area (Å²) < 4.78 is -0.0396. The number of benzene rings is 1. The van der Waals surface area contributed by atoms with E-state index in [1.807, 2.05) is 0 Å². The van der Waals surface area contributed by atoms with Crippen molar-refractivity contribution >= 4 is 34.1 Å². The highest BCUT2D eigenvalue weighted by molar-refractivity contribution is 6.38. The first-order valence-corrected chi connectivity index (χ1v) is 4.59. The number of halogens is 2. The van der Waals surface area contributed by atoms with Gasteiger partial charge in [0.05, 0.1) is 15.9 Å². The minimum Gasteiger partial charge on any atom is -0.421 e. The monoisotopic (exact) mass is 246 g/mol. The molecule has 0 bridgehead atoms. The van der Waals surface area contributed by atoms with Gasteiger partial charge in [0, 0.05) is 5.02 Å². The largest absolute Gasteiger partial charge is 0.421 e. The zero-order valence-corrected chi connectivity index (χ0v) is 8.63. The van der Waals surface area contributed by atoms with Crippen LogP contribution in [0.1, 0.15) is 0 Å². The molecular weight excluding hydrogens is 243 g/mol. The van der Waals surface area contributed by atoms with Crippen molar-refractivity contribution in [2.75, 3.05) is 0 Å². The van der Waals surface area contributed by atoms with E-state index < -0.39 is 11.2 Å². The molecule has 0 atom stereocenters. The van der Waals surface area contributed by atoms with Crippen LogP contribution in [0.4, 0.5) is 0 Å². The van der Waals surface area contributed by atoms with Gasteiger partial charge in [0.25, 0.3) is 5.56 Å². The van der Waals surface area contributed by atoms with Gasteiger partial charge in [-0.25, -0.2) is 4.79 Å². The molecule has 1 heterocycles. The van der Waals surface area contributed by atoms with E-state index in [0.29, 0.717) is 5.02 Å². The van der Waals surface area contributed by atoms with Gasteiger partial charge in [-0.05, 0) is 12.1 Å². The molecule has 1 aromatic heterocycles. The Morgan fingerprint density at radius 3 is 2.60 bits per heavy atom. The molecule has 2 N–H and O–H groups in total. The van der Waals surface area contributed by atoms with Crippen molar-refractivity contribution < 1.29 is 5.21 Å². The number of nitrogens with one attached hydrogen (secondary N) is 1. The van der Waals surface area contributed by atoms with Crippen LogP contribution >= 0.6 is 23.2 Å². The van der Waals surface area contributed by atoms with Gasteiger partial charge in [-0.1, -0.05) is 27.9 Å². The van der Waals surface area contributed by atoms with Crippen molar-refractivity contribution in [3.8, 4) is 0 Å². The molecule has 2 rings (SSSR count). The van der Waals surface area contributed by atoms with Crippen LogP contribution in [-0.4, -0.2) is 14.9 Å². The number of rotatable bonds is 0. The molecule has 0 aliphatic carbocycles. The zero-order chi connectivity index (χ0) is 11.2. The van der Waals surface area contributed by atoms with Crippen molar-refractivity contribution in [2.45, 2.75) is 0 Å². The summed E-state index contributed by atoms with van der Waals surface area (Å²) in [4.78, 5) is 24.8. The lowest BCUT2D eigenvalue weighted by molar-refractivity contribution is 0.162. The fourth-order valence-corrected chi connectivity index (χ4v) is 1.83. The normalized spacial score (nSPS) is 10.8. The Kier molecular flexibility index (Phi) is 2.21. The minimum absolute atomic E-state index is 0.0168. The SMILES string of the molecule is O=c1[nH]c2cc(Cl)cc(Cl)c2c(=O)n1O. The third-order valence-corrected chi connectivity index (χ3v) is 2.41. The molecule has 0 aliphatic rings. The topological polar surface area (TPSA) is 75.1 Å². The maximum atomic E-state index is 11.4. The van der Waals surface area contributed by atoms with Gasteiger partial charge in [0.15, 0.2) is 0 Å². The highest BCUT2D eigenvalue weighted by atomic mass is 35.5. The average molecular weight is 247 g/mol. The van der Waals surface area contributed by atoms with E-state index in [9.17, 15) is 9.59 Å². The molecule has 0 saturated heterocycles. The van der Waals surface area contributed by atoms with E-state index in [1.165, 1.54) is 12.1 Å². The van der Waals surface area contributed by atoms with Gasteiger partial charge in [-0.2, -0.15) is 0 Å². The fourth-order valence-electron chi connectivity index (χ4n) is 1.26. The van der Waals surface area contributed by atoms with Gasteiger partial charge >= 0.3 is 5.69 Å². The maximum absolute atomic E-state index is 11.4. The van der Waals surface area contributed by atoms with Crippen molar-refractivity contribution in [3.05, 3.63) is 43.0 Å². The molecule has 0 saturated carbocycles. The van der Waals surface area contributed by atoms with E-state index in [0.717, 1.165) is 0 Å². The minimum atomic E-state index is -0.939. The number of nitrogens with zero attached hydrogens (tertiary/aromatic N) is 1. The average Bonchev–Trinajstić information content (AvgIpc) is 2.13. The molecule has 5 nitrogen and oxygen atoms in total. The molecule has 0 unspecified atom stereocenters. The smallest absolute Gasteiger partial charge is 0.362 e. The molecule has 2 aromatic rings. The van der Waals surface area contributed by atoms with Crippen molar-refractivity contribution in [2.24, 2.45) is 0 Å². The Hall–Kier alpha value is -1.46. The van der Waals surface area contributed by atoms with E-state index in [1.54, 1.807) is 0 Å². The highest BCUT2D eigenvalue weighted by Crippen LogP contribution is 2.23. The Morgan fingerprint density at radius 1 is 1.27 bits per heavy atom. The number of hydrogen-bond acceptors (Lipinski definition) is 3. The second-order valence-electron chi connectivity index (χ2n) is 2.86. The van der Waals surface area contributed by atoms with Crippen LogP contribution in [0.3, 0.4) is 0 Å². The summed E-state index contributed by atoms with van der Waals surface area (Å²) in [6.45, 7) is 0. The number of aromatic nitrogens is 2. The van der Waals surface area contributed by atoms with E-state index >= 15 is 0 Å². The van der Waals surface area contributed by atoms with Gasteiger partial charge in [0.1, 0.15) is 0 Å². The Bertz CT molecular complexity index is 659. The second-order valence-corrected chi connectivity index (χ2v) is 3.70. The van der Waals surface area contributed by atoms with Crippen LogP contribution in [-0.2, 0) is 0 Å². The molecule has 0 spiro atoms. The molecule has 15 heavy (non-hydrogen) atoms. The third-order valence-electron chi connectivity index (χ3n) is 1.90. The predicted octanol–water partition coefficient (Wildman–Crippen LogP) is 1.23. The summed E-state index contributed by atoms with van der Waals surface area (Å²) in [5, 5.41) is 9.44. The summed E-state index contributed by atoms with van der Waals surface area (Å²) in [6.07, 6.45) is 0. The maximum Gasteiger partial charge on any atom is 0.362 e. The second kappa shape index (κ2) is 3.29. The van der Waals surface area contributed by atoms with Crippen molar-refractivity contribution in [1.29, 1.82) is 0 Å². The predicted molar refractivity (Wildman–Crippen MR) is 56.0 cm³/mol. The third kappa shape index (κ3) is 1.49. The summed E-state index contributed by atoms with van der Waals surface area (Å²) in [5.41, 5.74) is -1.63. The number of fused-ring (bicyclic) bond motifs is 1. The van der Waals surface area contributed by atoms with Gasteiger partial charge in [0.2, 0.25) is 0 Å². The van der Waals surface area contributed by atoms with E-state index in [-0.39, 0.29) is 20.7 Å². The Labute approximate surface area is 92.4 Å². The van der Waals surface area contributed by atoms with Crippen molar-refractivity contribution in [1.82, 2.24) is 9.71 Å². The lowest BCUT2D eigenvalue weighted by Crippen LogP contribution is -2.33. The lowest BCUT2D eigenvalue weighted by atomic mass is 10.2. The summed E-state index contributed by atoms with van der Waals surface area (Å²) in [6, 6.07) is 2.73. The molecular formula is C8H4Cl2N2O3. The fraction of sp³-hybridized carbons (Fsp3) is 0. The summed E-state index contributed by atoms with van der Waals surface area (Å²) in [5.74, 6) is 0. The molecule has 78 valence electrons. The van der Waals surface area contributed by atoms with Crippen LogP contribution in [0.15, 0.2) is 21.7 Å². The van der Waals surface area contributed by atoms with Gasteiger partial charge in [-0.3, -0.25) is 4.79 Å². The zero-order valence-electron chi connectivity index (χ0n) is 7.12. The Morgan fingerprint density at radius 2 is 1.93 bits per heavy atom. The molecule has 0 aliphatic heterocycles. The lowest BCUT2D eigenvalue weighted by Gasteiger charge is -2.01. The molecule has 7 heteroatoms.